The van der Waals surface area contributed by atoms with E-state index in [1.807, 2.05) is 32.9 Å². The van der Waals surface area contributed by atoms with Crippen LogP contribution in [0.5, 0.6) is 0 Å². The summed E-state index contributed by atoms with van der Waals surface area (Å²) in [7, 11) is 0. The molecule has 154 valence electrons. The molecule has 28 heavy (non-hydrogen) atoms. The lowest BCUT2D eigenvalue weighted by molar-refractivity contribution is -0.121. The number of likely N-dealkylation sites (tertiary alicyclic amines) is 1. The highest BCUT2D eigenvalue weighted by Crippen LogP contribution is 2.22. The molecule has 0 radical (unpaired) electrons. The van der Waals surface area contributed by atoms with Gasteiger partial charge in [-0.2, -0.15) is 0 Å². The average molecular weight is 390 g/mol. The van der Waals surface area contributed by atoms with Gasteiger partial charge >= 0.3 is 6.09 Å². The fraction of sp³-hybridized carbons (Fsp3) is 0.650. The van der Waals surface area contributed by atoms with Gasteiger partial charge in [0, 0.05) is 32.1 Å². The van der Waals surface area contributed by atoms with Gasteiger partial charge in [0.15, 0.2) is 0 Å². The molecule has 8 heteroatoms. The Hall–Kier alpha value is -2.35. The van der Waals surface area contributed by atoms with Crippen LogP contribution in [0.3, 0.4) is 0 Å². The first-order valence-corrected chi connectivity index (χ1v) is 9.89. The van der Waals surface area contributed by atoms with Crippen LogP contribution in [0.4, 0.5) is 16.3 Å². The van der Waals surface area contributed by atoms with Crippen LogP contribution in [0, 0.1) is 5.92 Å². The van der Waals surface area contributed by atoms with Crippen molar-refractivity contribution in [3.05, 3.63) is 18.3 Å². The molecule has 2 saturated heterocycles. The van der Waals surface area contributed by atoms with E-state index in [4.69, 9.17) is 9.47 Å². The summed E-state index contributed by atoms with van der Waals surface area (Å²) in [4.78, 5) is 32.9. The highest BCUT2D eigenvalue weighted by molar-refractivity contribution is 5.92. The quantitative estimate of drug-likeness (QED) is 0.854. The predicted octanol–water partition coefficient (Wildman–Crippen LogP) is 2.50. The van der Waals surface area contributed by atoms with Gasteiger partial charge < -0.3 is 24.6 Å². The summed E-state index contributed by atoms with van der Waals surface area (Å²) in [5, 5.41) is 2.90. The number of ether oxygens (including phenoxy) is 2. The number of carbonyl (C=O) groups is 2. The molecule has 0 aliphatic carbocycles. The number of carbonyl (C=O) groups excluding carboxylic acids is 2. The fourth-order valence-corrected chi connectivity index (χ4v) is 3.35. The number of rotatable bonds is 3. The molecule has 2 fully saturated rings. The molecule has 2 aliphatic rings. The summed E-state index contributed by atoms with van der Waals surface area (Å²) in [6, 6.07) is 3.80. The van der Waals surface area contributed by atoms with Gasteiger partial charge in [0.1, 0.15) is 11.4 Å². The predicted molar refractivity (Wildman–Crippen MR) is 106 cm³/mol. The molecule has 0 unspecified atom stereocenters. The molecule has 0 spiro atoms. The molecule has 0 saturated carbocycles. The monoisotopic (exact) mass is 390 g/mol. The molecule has 3 heterocycles. The Morgan fingerprint density at radius 3 is 2.39 bits per heavy atom. The van der Waals surface area contributed by atoms with Crippen molar-refractivity contribution in [3.8, 4) is 0 Å². The van der Waals surface area contributed by atoms with E-state index in [0.717, 1.165) is 32.0 Å². The van der Waals surface area contributed by atoms with Gasteiger partial charge in [-0.25, -0.2) is 9.78 Å². The normalized spacial score (nSPS) is 18.7. The number of piperidine rings is 1. The van der Waals surface area contributed by atoms with Crippen LogP contribution in [0.15, 0.2) is 18.3 Å². The summed E-state index contributed by atoms with van der Waals surface area (Å²) >= 11 is 0. The van der Waals surface area contributed by atoms with Crippen molar-refractivity contribution >= 4 is 23.5 Å². The molecule has 1 aromatic rings. The second-order valence-electron chi connectivity index (χ2n) is 8.23. The molecular formula is C20H30N4O4. The number of amides is 2. The van der Waals surface area contributed by atoms with Crippen LogP contribution in [0.2, 0.25) is 0 Å². The van der Waals surface area contributed by atoms with E-state index in [1.165, 1.54) is 0 Å². The van der Waals surface area contributed by atoms with Crippen molar-refractivity contribution in [3.63, 3.8) is 0 Å². The second-order valence-corrected chi connectivity index (χ2v) is 8.23. The highest BCUT2D eigenvalue weighted by atomic mass is 16.6. The van der Waals surface area contributed by atoms with Crippen LogP contribution >= 0.6 is 0 Å². The first-order chi connectivity index (χ1) is 13.3. The Morgan fingerprint density at radius 1 is 1.14 bits per heavy atom. The van der Waals surface area contributed by atoms with Crippen molar-refractivity contribution in [2.75, 3.05) is 49.6 Å². The topological polar surface area (TPSA) is 84.0 Å². The van der Waals surface area contributed by atoms with Gasteiger partial charge in [-0.1, -0.05) is 0 Å². The molecule has 3 rings (SSSR count). The Morgan fingerprint density at radius 2 is 1.82 bits per heavy atom. The summed E-state index contributed by atoms with van der Waals surface area (Å²) in [5.41, 5.74) is 0.525. The van der Waals surface area contributed by atoms with Gasteiger partial charge in [0.25, 0.3) is 0 Å². The molecule has 1 N–H and O–H groups in total. The molecule has 0 atom stereocenters. The molecule has 1 aromatic heterocycles. The van der Waals surface area contributed by atoms with E-state index in [0.29, 0.717) is 31.7 Å². The third kappa shape index (κ3) is 5.58. The maximum Gasteiger partial charge on any atom is 0.410 e. The Bertz CT molecular complexity index is 672. The third-order valence-corrected chi connectivity index (χ3v) is 4.89. The number of hydrogen-bond donors (Lipinski definition) is 1. The zero-order valence-corrected chi connectivity index (χ0v) is 16.9. The van der Waals surface area contributed by atoms with Gasteiger partial charge in [-0.3, -0.25) is 4.79 Å². The maximum atomic E-state index is 12.5. The van der Waals surface area contributed by atoms with E-state index in [1.54, 1.807) is 11.1 Å². The maximum absolute atomic E-state index is 12.5. The number of nitrogens with zero attached hydrogens (tertiary/aromatic N) is 3. The van der Waals surface area contributed by atoms with E-state index >= 15 is 0 Å². The number of nitrogens with one attached hydrogen (secondary N) is 1. The highest BCUT2D eigenvalue weighted by Gasteiger charge is 2.30. The minimum Gasteiger partial charge on any atom is -0.444 e. The first-order valence-electron chi connectivity index (χ1n) is 9.89. The van der Waals surface area contributed by atoms with Gasteiger partial charge in [0.05, 0.1) is 25.1 Å². The van der Waals surface area contributed by atoms with Crippen LogP contribution in [-0.2, 0) is 14.3 Å². The minimum absolute atomic E-state index is 0.0459. The Balaban J connectivity index is 1.47. The third-order valence-electron chi connectivity index (χ3n) is 4.89. The lowest BCUT2D eigenvalue weighted by atomic mass is 9.96. The summed E-state index contributed by atoms with van der Waals surface area (Å²) in [6.07, 6.45) is 2.71. The van der Waals surface area contributed by atoms with Crippen molar-refractivity contribution in [1.82, 2.24) is 9.88 Å². The first kappa shape index (κ1) is 20.4. The smallest absolute Gasteiger partial charge is 0.410 e. The zero-order valence-electron chi connectivity index (χ0n) is 16.9. The van der Waals surface area contributed by atoms with Gasteiger partial charge in [-0.05, 0) is 45.7 Å². The lowest BCUT2D eigenvalue weighted by Crippen LogP contribution is -2.43. The Labute approximate surface area is 166 Å². The van der Waals surface area contributed by atoms with Crippen LogP contribution in [0.1, 0.15) is 33.6 Å². The zero-order chi connectivity index (χ0) is 20.1. The second kappa shape index (κ2) is 8.77. The van der Waals surface area contributed by atoms with Gasteiger partial charge in [0.2, 0.25) is 5.91 Å². The van der Waals surface area contributed by atoms with E-state index < -0.39 is 5.60 Å². The number of hydrogen-bond acceptors (Lipinski definition) is 6. The van der Waals surface area contributed by atoms with Crippen molar-refractivity contribution in [2.45, 2.75) is 39.2 Å². The molecule has 2 aliphatic heterocycles. The Kier molecular flexibility index (Phi) is 6.39. The van der Waals surface area contributed by atoms with Crippen molar-refractivity contribution in [1.29, 1.82) is 0 Å². The van der Waals surface area contributed by atoms with Crippen molar-refractivity contribution in [2.24, 2.45) is 5.92 Å². The minimum atomic E-state index is -0.510. The SMILES string of the molecule is CC(C)(C)OC(=O)N1CCC(C(=O)Nc2ccc(N3CCOCC3)cn2)CC1. The largest absolute Gasteiger partial charge is 0.444 e. The number of aromatic nitrogens is 1. The summed E-state index contributed by atoms with van der Waals surface area (Å²) in [6.45, 7) is 9.74. The molecule has 2 amide bonds. The molecule has 0 aromatic carbocycles. The summed E-state index contributed by atoms with van der Waals surface area (Å²) < 4.78 is 10.8. The number of pyridine rings is 1. The van der Waals surface area contributed by atoms with E-state index in [2.05, 4.69) is 15.2 Å². The van der Waals surface area contributed by atoms with Crippen LogP contribution < -0.4 is 10.2 Å². The van der Waals surface area contributed by atoms with Gasteiger partial charge in [-0.15, -0.1) is 0 Å². The molecule has 8 nitrogen and oxygen atoms in total. The number of anilines is 2. The average Bonchev–Trinajstić information content (AvgIpc) is 2.68. The summed E-state index contributed by atoms with van der Waals surface area (Å²) in [5.74, 6) is 0.381. The fourth-order valence-electron chi connectivity index (χ4n) is 3.35. The van der Waals surface area contributed by atoms with Crippen LogP contribution in [-0.4, -0.2) is 66.9 Å². The molecule has 0 bridgehead atoms. The van der Waals surface area contributed by atoms with Crippen LogP contribution in [0.25, 0.3) is 0 Å². The van der Waals surface area contributed by atoms with E-state index in [9.17, 15) is 9.59 Å². The van der Waals surface area contributed by atoms with E-state index in [-0.39, 0.29) is 17.9 Å². The standard InChI is InChI=1S/C20H30N4O4/c1-20(2,3)28-19(26)24-8-6-15(7-9-24)18(25)22-17-5-4-16(14-21-17)23-10-12-27-13-11-23/h4-5,14-15H,6-13H2,1-3H3,(H,21,22,25). The molecular weight excluding hydrogens is 360 g/mol. The number of morpholine rings is 1. The lowest BCUT2D eigenvalue weighted by Gasteiger charge is -2.32. The van der Waals surface area contributed by atoms with Crippen molar-refractivity contribution < 1.29 is 19.1 Å².